The zero-order valence-corrected chi connectivity index (χ0v) is 12.1. The zero-order valence-electron chi connectivity index (χ0n) is 12.1. The molecule has 0 atom stereocenters. The number of hydrogen-bond donors (Lipinski definition) is 1. The number of nitro groups is 1. The van der Waals surface area contributed by atoms with Gasteiger partial charge in [-0.3, -0.25) is 10.1 Å². The Hall–Kier alpha value is -1.78. The molecule has 1 aliphatic rings. The van der Waals surface area contributed by atoms with Gasteiger partial charge in [-0.05, 0) is 50.7 Å². The predicted molar refractivity (Wildman–Crippen MR) is 79.3 cm³/mol. The van der Waals surface area contributed by atoms with Crippen LogP contribution in [-0.2, 0) is 0 Å². The Kier molecular flexibility index (Phi) is 4.82. The molecule has 110 valence electrons. The fraction of sp³-hybridized carbons (Fsp3) is 0.600. The minimum Gasteiger partial charge on any atom is -0.483 e. The molecule has 0 bridgehead atoms. The van der Waals surface area contributed by atoms with E-state index in [2.05, 4.69) is 12.2 Å². The highest BCUT2D eigenvalue weighted by Crippen LogP contribution is 2.37. The van der Waals surface area contributed by atoms with Crippen LogP contribution in [0.15, 0.2) is 18.2 Å². The lowest BCUT2D eigenvalue weighted by atomic mass is 9.89. The van der Waals surface area contributed by atoms with E-state index in [1.807, 2.05) is 6.92 Å². The third-order valence-corrected chi connectivity index (χ3v) is 3.81. The maximum atomic E-state index is 11.3. The van der Waals surface area contributed by atoms with Gasteiger partial charge in [0.25, 0.3) is 0 Å². The van der Waals surface area contributed by atoms with Gasteiger partial charge >= 0.3 is 5.69 Å². The molecule has 1 aliphatic carbocycles. The molecule has 0 spiro atoms. The molecule has 0 unspecified atom stereocenters. The summed E-state index contributed by atoms with van der Waals surface area (Å²) in [5, 5.41) is 14.3. The van der Waals surface area contributed by atoms with E-state index in [1.54, 1.807) is 18.2 Å². The normalized spacial score (nSPS) is 22.3. The van der Waals surface area contributed by atoms with Crippen molar-refractivity contribution in [2.75, 3.05) is 11.9 Å². The number of ether oxygens (including phenoxy) is 1. The molecular weight excluding hydrogens is 256 g/mol. The summed E-state index contributed by atoms with van der Waals surface area (Å²) in [5.74, 6) is 1.12. The van der Waals surface area contributed by atoms with Crippen LogP contribution >= 0.6 is 0 Å². The Balaban J connectivity index is 2.18. The van der Waals surface area contributed by atoms with Crippen molar-refractivity contribution in [3.63, 3.8) is 0 Å². The van der Waals surface area contributed by atoms with Gasteiger partial charge < -0.3 is 10.1 Å². The summed E-state index contributed by atoms with van der Waals surface area (Å²) in [6, 6.07) is 5.21. The average molecular weight is 278 g/mol. The Morgan fingerprint density at radius 2 is 2.05 bits per heavy atom. The Morgan fingerprint density at radius 1 is 1.35 bits per heavy atom. The second kappa shape index (κ2) is 6.59. The van der Waals surface area contributed by atoms with E-state index in [-0.39, 0.29) is 16.7 Å². The van der Waals surface area contributed by atoms with Gasteiger partial charge in [0.2, 0.25) is 0 Å². The van der Waals surface area contributed by atoms with Crippen LogP contribution in [0.5, 0.6) is 5.75 Å². The van der Waals surface area contributed by atoms with E-state index in [1.165, 1.54) is 0 Å². The zero-order chi connectivity index (χ0) is 14.5. The summed E-state index contributed by atoms with van der Waals surface area (Å²) in [7, 11) is 0. The number of rotatable bonds is 5. The van der Waals surface area contributed by atoms with Crippen molar-refractivity contribution in [3.8, 4) is 5.75 Å². The van der Waals surface area contributed by atoms with Crippen LogP contribution in [0.4, 0.5) is 11.4 Å². The van der Waals surface area contributed by atoms with Crippen molar-refractivity contribution in [2.45, 2.75) is 45.6 Å². The third-order valence-electron chi connectivity index (χ3n) is 3.81. The summed E-state index contributed by atoms with van der Waals surface area (Å²) in [6.45, 7) is 4.80. The molecule has 0 heterocycles. The third kappa shape index (κ3) is 3.40. The second-order valence-corrected chi connectivity index (χ2v) is 5.44. The molecule has 5 heteroatoms. The molecule has 1 aromatic carbocycles. The summed E-state index contributed by atoms with van der Waals surface area (Å²) >= 11 is 0. The molecule has 0 aliphatic heterocycles. The number of nitro benzene ring substituents is 1. The van der Waals surface area contributed by atoms with E-state index < -0.39 is 0 Å². The van der Waals surface area contributed by atoms with Gasteiger partial charge in [0.1, 0.15) is 5.69 Å². The fourth-order valence-electron chi connectivity index (χ4n) is 2.67. The van der Waals surface area contributed by atoms with Crippen LogP contribution in [-0.4, -0.2) is 17.6 Å². The van der Waals surface area contributed by atoms with E-state index in [4.69, 9.17) is 4.74 Å². The van der Waals surface area contributed by atoms with Crippen LogP contribution in [0.25, 0.3) is 0 Å². The van der Waals surface area contributed by atoms with Crippen molar-refractivity contribution in [2.24, 2.45) is 5.92 Å². The first-order valence-corrected chi connectivity index (χ1v) is 7.29. The minimum absolute atomic E-state index is 0.0490. The molecule has 1 fully saturated rings. The molecule has 1 N–H and O–H groups in total. The highest BCUT2D eigenvalue weighted by molar-refractivity contribution is 5.68. The molecule has 2 rings (SSSR count). The monoisotopic (exact) mass is 278 g/mol. The van der Waals surface area contributed by atoms with Gasteiger partial charge in [0, 0.05) is 6.54 Å². The highest BCUT2D eigenvalue weighted by Gasteiger charge is 2.25. The van der Waals surface area contributed by atoms with E-state index >= 15 is 0 Å². The van der Waals surface area contributed by atoms with Crippen LogP contribution in [0.2, 0.25) is 0 Å². The quantitative estimate of drug-likeness (QED) is 0.653. The van der Waals surface area contributed by atoms with E-state index in [0.29, 0.717) is 18.0 Å². The maximum absolute atomic E-state index is 11.3. The van der Waals surface area contributed by atoms with Gasteiger partial charge in [0.05, 0.1) is 11.0 Å². The van der Waals surface area contributed by atoms with Gasteiger partial charge in [-0.2, -0.15) is 0 Å². The molecule has 1 aromatic rings. The Bertz CT molecular complexity index is 468. The fourth-order valence-corrected chi connectivity index (χ4v) is 2.67. The van der Waals surface area contributed by atoms with Crippen LogP contribution in [0.3, 0.4) is 0 Å². The van der Waals surface area contributed by atoms with E-state index in [0.717, 1.165) is 31.6 Å². The molecule has 1 saturated carbocycles. The number of anilines is 1. The molecule has 5 nitrogen and oxygen atoms in total. The lowest BCUT2D eigenvalue weighted by Crippen LogP contribution is -2.23. The molecule has 0 radical (unpaired) electrons. The predicted octanol–water partition coefficient (Wildman–Crippen LogP) is 3.98. The summed E-state index contributed by atoms with van der Waals surface area (Å²) < 4.78 is 5.90. The highest BCUT2D eigenvalue weighted by atomic mass is 16.6. The maximum Gasteiger partial charge on any atom is 0.333 e. The number of hydrogen-bond acceptors (Lipinski definition) is 4. The van der Waals surface area contributed by atoms with Gasteiger partial charge in [-0.15, -0.1) is 0 Å². The summed E-state index contributed by atoms with van der Waals surface area (Å²) in [4.78, 5) is 10.9. The smallest absolute Gasteiger partial charge is 0.333 e. The number of para-hydroxylation sites is 1. The first kappa shape index (κ1) is 14.6. The second-order valence-electron chi connectivity index (χ2n) is 5.44. The number of nitrogens with one attached hydrogen (secondary N) is 1. The van der Waals surface area contributed by atoms with Crippen LogP contribution < -0.4 is 10.1 Å². The Labute approximate surface area is 119 Å². The first-order valence-electron chi connectivity index (χ1n) is 7.29. The van der Waals surface area contributed by atoms with Gasteiger partial charge in [-0.1, -0.05) is 13.0 Å². The van der Waals surface area contributed by atoms with Crippen LogP contribution in [0.1, 0.15) is 39.5 Å². The number of benzene rings is 1. The average Bonchev–Trinajstić information content (AvgIpc) is 2.41. The van der Waals surface area contributed by atoms with Crippen molar-refractivity contribution >= 4 is 11.4 Å². The number of nitrogens with zero attached hydrogens (tertiary/aromatic N) is 1. The largest absolute Gasteiger partial charge is 0.483 e. The molecule has 0 aromatic heterocycles. The molecule has 0 amide bonds. The summed E-state index contributed by atoms with van der Waals surface area (Å²) in [6.07, 6.45) is 4.31. The topological polar surface area (TPSA) is 64.4 Å². The summed E-state index contributed by atoms with van der Waals surface area (Å²) in [5.41, 5.74) is 0.576. The van der Waals surface area contributed by atoms with Crippen molar-refractivity contribution in [3.05, 3.63) is 28.3 Å². The Morgan fingerprint density at radius 3 is 2.65 bits per heavy atom. The molecule has 0 saturated heterocycles. The van der Waals surface area contributed by atoms with Crippen molar-refractivity contribution in [1.82, 2.24) is 0 Å². The molecular formula is C15H22N2O3. The SMILES string of the molecule is CCNc1cccc(OC2CCC(C)CC2)c1[N+](=O)[O-]. The van der Waals surface area contributed by atoms with E-state index in [9.17, 15) is 10.1 Å². The lowest BCUT2D eigenvalue weighted by molar-refractivity contribution is -0.385. The standard InChI is InChI=1S/C15H22N2O3/c1-3-16-13-5-4-6-14(15(13)17(18)19)20-12-9-7-11(2)8-10-12/h4-6,11-12,16H,3,7-10H2,1-2H3. The van der Waals surface area contributed by atoms with Gasteiger partial charge in [0.15, 0.2) is 5.75 Å². The van der Waals surface area contributed by atoms with Crippen LogP contribution in [0, 0.1) is 16.0 Å². The van der Waals surface area contributed by atoms with Crippen molar-refractivity contribution < 1.29 is 9.66 Å². The lowest BCUT2D eigenvalue weighted by Gasteiger charge is -2.26. The van der Waals surface area contributed by atoms with Gasteiger partial charge in [-0.25, -0.2) is 0 Å². The van der Waals surface area contributed by atoms with Crippen molar-refractivity contribution in [1.29, 1.82) is 0 Å². The minimum atomic E-state index is -0.362. The molecule has 20 heavy (non-hydrogen) atoms. The first-order chi connectivity index (χ1) is 9.61.